The van der Waals surface area contributed by atoms with Crippen LogP contribution in [0.5, 0.6) is 11.5 Å². The molecule has 27 heavy (non-hydrogen) atoms. The first-order valence-electron chi connectivity index (χ1n) is 8.25. The van der Waals surface area contributed by atoms with Crippen molar-refractivity contribution in [1.29, 1.82) is 0 Å². The summed E-state index contributed by atoms with van der Waals surface area (Å²) in [6, 6.07) is 7.58. The van der Waals surface area contributed by atoms with Gasteiger partial charge in [-0.2, -0.15) is 5.10 Å². The first-order chi connectivity index (χ1) is 13.3. The standard InChI is InChI=1S/C18H16N6O2S/c1-2-26-12-6-4-3-5-11(12)16-15(25)14-17(27-16)18(22-10-21-14)24-23-9-13-19-7-8-20-13/h3-10,25H,2H2,1H3,(H,19,20)(H,21,22,24). The molecule has 0 fully saturated rings. The fourth-order valence-corrected chi connectivity index (χ4v) is 3.71. The zero-order valence-corrected chi connectivity index (χ0v) is 15.2. The van der Waals surface area contributed by atoms with Gasteiger partial charge in [0.25, 0.3) is 0 Å². The lowest BCUT2D eigenvalue weighted by atomic mass is 10.1. The number of imidazole rings is 1. The Balaban J connectivity index is 1.74. The van der Waals surface area contributed by atoms with Gasteiger partial charge in [-0.05, 0) is 19.1 Å². The van der Waals surface area contributed by atoms with Crippen LogP contribution in [0.2, 0.25) is 0 Å². The quantitative estimate of drug-likeness (QED) is 0.348. The Kier molecular flexibility index (Phi) is 4.67. The Hall–Kier alpha value is -3.46. The number of anilines is 1. The first-order valence-corrected chi connectivity index (χ1v) is 9.06. The minimum atomic E-state index is 0.0996. The van der Waals surface area contributed by atoms with Gasteiger partial charge in [0.05, 0.1) is 17.7 Å². The summed E-state index contributed by atoms with van der Waals surface area (Å²) in [7, 11) is 0. The average Bonchev–Trinajstić information content (AvgIpc) is 3.32. The van der Waals surface area contributed by atoms with Crippen LogP contribution in [0.3, 0.4) is 0 Å². The van der Waals surface area contributed by atoms with Crippen molar-refractivity contribution in [2.75, 3.05) is 12.0 Å². The van der Waals surface area contributed by atoms with Crippen molar-refractivity contribution in [1.82, 2.24) is 19.9 Å². The van der Waals surface area contributed by atoms with E-state index < -0.39 is 0 Å². The molecule has 3 aromatic heterocycles. The Labute approximate surface area is 158 Å². The van der Waals surface area contributed by atoms with Crippen LogP contribution in [-0.4, -0.2) is 37.9 Å². The monoisotopic (exact) mass is 380 g/mol. The summed E-state index contributed by atoms with van der Waals surface area (Å²) in [6.45, 7) is 2.46. The Morgan fingerprint density at radius 1 is 1.30 bits per heavy atom. The van der Waals surface area contributed by atoms with Crippen LogP contribution < -0.4 is 10.2 Å². The molecular weight excluding hydrogens is 364 g/mol. The number of hydrogen-bond acceptors (Lipinski definition) is 8. The Morgan fingerprint density at radius 3 is 3.00 bits per heavy atom. The molecule has 0 aliphatic heterocycles. The fourth-order valence-electron chi connectivity index (χ4n) is 2.60. The smallest absolute Gasteiger partial charge is 0.167 e. The molecule has 0 unspecified atom stereocenters. The number of ether oxygens (including phenoxy) is 1. The zero-order valence-electron chi connectivity index (χ0n) is 14.4. The van der Waals surface area contributed by atoms with Crippen LogP contribution in [0.4, 0.5) is 5.82 Å². The van der Waals surface area contributed by atoms with Gasteiger partial charge in [-0.15, -0.1) is 11.3 Å². The predicted molar refractivity (Wildman–Crippen MR) is 105 cm³/mol. The highest BCUT2D eigenvalue weighted by molar-refractivity contribution is 7.23. The highest BCUT2D eigenvalue weighted by atomic mass is 32.1. The number of aromatic hydroxyl groups is 1. The number of nitrogens with zero attached hydrogens (tertiary/aromatic N) is 4. The summed E-state index contributed by atoms with van der Waals surface area (Å²) in [5.74, 6) is 1.93. The second-order valence-electron chi connectivity index (χ2n) is 5.45. The molecule has 1 aromatic carbocycles. The molecule has 0 aliphatic rings. The lowest BCUT2D eigenvalue weighted by Gasteiger charge is -2.08. The number of rotatable bonds is 6. The van der Waals surface area contributed by atoms with E-state index >= 15 is 0 Å². The molecule has 8 nitrogen and oxygen atoms in total. The van der Waals surface area contributed by atoms with E-state index in [1.165, 1.54) is 17.7 Å². The number of hydrazone groups is 1. The van der Waals surface area contributed by atoms with Crippen molar-refractivity contribution in [3.8, 4) is 21.9 Å². The molecule has 0 amide bonds. The molecular formula is C18H16N6O2S. The highest BCUT2D eigenvalue weighted by Crippen LogP contribution is 2.47. The highest BCUT2D eigenvalue weighted by Gasteiger charge is 2.19. The number of thiophene rings is 1. The number of benzene rings is 1. The van der Waals surface area contributed by atoms with Crippen molar-refractivity contribution in [3.05, 3.63) is 48.8 Å². The van der Waals surface area contributed by atoms with E-state index in [2.05, 4.69) is 30.5 Å². The maximum Gasteiger partial charge on any atom is 0.167 e. The van der Waals surface area contributed by atoms with E-state index in [0.29, 0.717) is 39.1 Å². The van der Waals surface area contributed by atoms with Crippen molar-refractivity contribution in [3.63, 3.8) is 0 Å². The summed E-state index contributed by atoms with van der Waals surface area (Å²) in [4.78, 5) is 16.1. The van der Waals surface area contributed by atoms with Gasteiger partial charge in [0.2, 0.25) is 0 Å². The number of hydrogen-bond donors (Lipinski definition) is 3. The third-order valence-electron chi connectivity index (χ3n) is 3.76. The molecule has 0 aliphatic carbocycles. The molecule has 4 aromatic rings. The van der Waals surface area contributed by atoms with Gasteiger partial charge in [-0.3, -0.25) is 5.43 Å². The van der Waals surface area contributed by atoms with Gasteiger partial charge in [0, 0.05) is 18.0 Å². The number of aromatic amines is 1. The number of aromatic nitrogens is 4. The van der Waals surface area contributed by atoms with Crippen LogP contribution in [0, 0.1) is 0 Å². The maximum absolute atomic E-state index is 10.7. The third kappa shape index (κ3) is 3.32. The van der Waals surface area contributed by atoms with Gasteiger partial charge in [-0.1, -0.05) is 12.1 Å². The lowest BCUT2D eigenvalue weighted by Crippen LogP contribution is -1.95. The Bertz CT molecular complexity index is 1090. The van der Waals surface area contributed by atoms with Crippen molar-refractivity contribution in [2.24, 2.45) is 5.10 Å². The minimum Gasteiger partial charge on any atom is -0.504 e. The summed E-state index contributed by atoms with van der Waals surface area (Å²) < 4.78 is 6.39. The molecule has 9 heteroatoms. The second-order valence-corrected chi connectivity index (χ2v) is 6.47. The van der Waals surface area contributed by atoms with E-state index in [-0.39, 0.29) is 5.75 Å². The first kappa shape index (κ1) is 17.0. The molecule has 0 bridgehead atoms. The van der Waals surface area contributed by atoms with Crippen LogP contribution in [0.15, 0.2) is 48.1 Å². The number of para-hydroxylation sites is 1. The summed E-state index contributed by atoms with van der Waals surface area (Å²) in [5.41, 5.74) is 4.16. The molecule has 0 radical (unpaired) electrons. The number of fused-ring (bicyclic) bond motifs is 1. The summed E-state index contributed by atoms with van der Waals surface area (Å²) in [6.07, 6.45) is 6.29. The van der Waals surface area contributed by atoms with E-state index in [4.69, 9.17) is 4.74 Å². The van der Waals surface area contributed by atoms with Crippen molar-refractivity contribution < 1.29 is 9.84 Å². The molecule has 3 heterocycles. The van der Waals surface area contributed by atoms with Gasteiger partial charge < -0.3 is 14.8 Å². The van der Waals surface area contributed by atoms with Crippen LogP contribution >= 0.6 is 11.3 Å². The minimum absolute atomic E-state index is 0.0996. The number of nitrogens with one attached hydrogen (secondary N) is 2. The normalized spacial score (nSPS) is 11.3. The van der Waals surface area contributed by atoms with Crippen LogP contribution in [0.1, 0.15) is 12.7 Å². The van der Waals surface area contributed by atoms with E-state index in [1.54, 1.807) is 18.6 Å². The van der Waals surface area contributed by atoms with Gasteiger partial charge in [-0.25, -0.2) is 15.0 Å². The molecule has 0 saturated heterocycles. The molecule has 4 rings (SSSR count). The molecule has 136 valence electrons. The SMILES string of the molecule is CCOc1ccccc1-c1sc2c(NN=Cc3ncc[nH]3)ncnc2c1O. The topological polar surface area (TPSA) is 108 Å². The summed E-state index contributed by atoms with van der Waals surface area (Å²) >= 11 is 1.38. The van der Waals surface area contributed by atoms with E-state index in [9.17, 15) is 5.11 Å². The maximum atomic E-state index is 10.7. The van der Waals surface area contributed by atoms with Crippen LogP contribution in [0.25, 0.3) is 20.7 Å². The largest absolute Gasteiger partial charge is 0.504 e. The molecule has 0 saturated carbocycles. The average molecular weight is 380 g/mol. The van der Waals surface area contributed by atoms with Gasteiger partial charge in [0.15, 0.2) is 11.6 Å². The van der Waals surface area contributed by atoms with Crippen molar-refractivity contribution >= 4 is 33.6 Å². The molecule has 0 spiro atoms. The molecule has 3 N–H and O–H groups in total. The Morgan fingerprint density at radius 2 is 2.19 bits per heavy atom. The number of H-pyrrole nitrogens is 1. The van der Waals surface area contributed by atoms with Gasteiger partial charge >= 0.3 is 0 Å². The van der Waals surface area contributed by atoms with Crippen LogP contribution in [-0.2, 0) is 0 Å². The summed E-state index contributed by atoms with van der Waals surface area (Å²) in [5, 5.41) is 14.9. The van der Waals surface area contributed by atoms with Crippen molar-refractivity contribution in [2.45, 2.75) is 6.92 Å². The fraction of sp³-hybridized carbons (Fsp3) is 0.111. The third-order valence-corrected chi connectivity index (χ3v) is 4.96. The van der Waals surface area contributed by atoms with E-state index in [0.717, 1.165) is 5.56 Å². The second kappa shape index (κ2) is 7.42. The zero-order chi connectivity index (χ0) is 18.6. The lowest BCUT2D eigenvalue weighted by molar-refractivity contribution is 0.341. The van der Waals surface area contributed by atoms with E-state index in [1.807, 2.05) is 31.2 Å². The predicted octanol–water partition coefficient (Wildman–Crippen LogP) is 3.63. The molecule has 0 atom stereocenters. The van der Waals surface area contributed by atoms with Gasteiger partial charge in [0.1, 0.15) is 28.1 Å².